The summed E-state index contributed by atoms with van der Waals surface area (Å²) in [6, 6.07) is 5.21. The Morgan fingerprint density at radius 1 is 1.47 bits per heavy atom. The number of aliphatic imine (C=N–C) groups is 1. The molecule has 0 N–H and O–H groups in total. The van der Waals surface area contributed by atoms with E-state index in [2.05, 4.69) is 4.99 Å². The summed E-state index contributed by atoms with van der Waals surface area (Å²) in [5.41, 5.74) is 1.03. The van der Waals surface area contributed by atoms with Crippen molar-refractivity contribution in [2.45, 2.75) is 6.92 Å². The molecule has 5 heteroatoms. The van der Waals surface area contributed by atoms with Crippen LogP contribution < -0.4 is 4.74 Å². The lowest BCUT2D eigenvalue weighted by atomic mass is 10.2. The molecule has 0 saturated heterocycles. The highest BCUT2D eigenvalue weighted by Gasteiger charge is 2.19. The largest absolute Gasteiger partial charge is 0.495 e. The van der Waals surface area contributed by atoms with Gasteiger partial charge in [-0.3, -0.25) is 0 Å². The second kappa shape index (κ2) is 4.59. The van der Waals surface area contributed by atoms with Crippen LogP contribution in [0.1, 0.15) is 12.5 Å². The lowest BCUT2D eigenvalue weighted by Gasteiger charge is -2.03. The number of halogens is 1. The van der Waals surface area contributed by atoms with Crippen molar-refractivity contribution in [1.29, 1.82) is 0 Å². The fraction of sp³-hybridized carbons (Fsp3) is 0.167. The van der Waals surface area contributed by atoms with Crippen molar-refractivity contribution in [1.82, 2.24) is 0 Å². The van der Waals surface area contributed by atoms with Crippen molar-refractivity contribution >= 4 is 29.5 Å². The monoisotopic (exact) mass is 251 g/mol. The van der Waals surface area contributed by atoms with E-state index in [1.165, 1.54) is 0 Å². The standard InChI is InChI=1S/C12H10ClNO3/c1-7-14-10(12(15)17-7)6-8-3-4-11(16-2)9(13)5-8/h3-6H,1-2H3/b10-6+. The molecule has 0 spiro atoms. The summed E-state index contributed by atoms with van der Waals surface area (Å²) >= 11 is 5.97. The van der Waals surface area contributed by atoms with E-state index in [-0.39, 0.29) is 5.70 Å². The molecule has 1 aliphatic heterocycles. The molecule has 0 aromatic heterocycles. The highest BCUT2D eigenvalue weighted by Crippen LogP contribution is 2.26. The van der Waals surface area contributed by atoms with Crippen LogP contribution in [0.2, 0.25) is 5.02 Å². The van der Waals surface area contributed by atoms with E-state index in [4.69, 9.17) is 21.1 Å². The number of nitrogens with zero attached hydrogens (tertiary/aromatic N) is 1. The van der Waals surface area contributed by atoms with E-state index >= 15 is 0 Å². The van der Waals surface area contributed by atoms with Crippen LogP contribution in [0.4, 0.5) is 0 Å². The van der Waals surface area contributed by atoms with Crippen LogP contribution >= 0.6 is 11.6 Å². The summed E-state index contributed by atoms with van der Waals surface area (Å²) in [7, 11) is 1.54. The summed E-state index contributed by atoms with van der Waals surface area (Å²) in [6.07, 6.45) is 1.62. The van der Waals surface area contributed by atoms with E-state index in [0.29, 0.717) is 16.7 Å². The minimum Gasteiger partial charge on any atom is -0.495 e. The van der Waals surface area contributed by atoms with Crippen molar-refractivity contribution in [2.24, 2.45) is 4.99 Å². The summed E-state index contributed by atoms with van der Waals surface area (Å²) in [5, 5.41) is 0.480. The lowest BCUT2D eigenvalue weighted by Crippen LogP contribution is -1.99. The van der Waals surface area contributed by atoms with Crippen LogP contribution in [-0.2, 0) is 9.53 Å². The maximum absolute atomic E-state index is 11.3. The number of hydrogen-bond donors (Lipinski definition) is 0. The molecule has 4 nitrogen and oxygen atoms in total. The Labute approximate surface area is 104 Å². The predicted molar refractivity (Wildman–Crippen MR) is 65.2 cm³/mol. The van der Waals surface area contributed by atoms with Crippen LogP contribution in [0.25, 0.3) is 6.08 Å². The fourth-order valence-corrected chi connectivity index (χ4v) is 1.71. The zero-order chi connectivity index (χ0) is 12.4. The third-order valence-electron chi connectivity index (χ3n) is 2.21. The third-order valence-corrected chi connectivity index (χ3v) is 2.50. The molecule has 0 unspecified atom stereocenters. The average Bonchev–Trinajstić information content (AvgIpc) is 2.58. The Kier molecular flexibility index (Phi) is 3.15. The van der Waals surface area contributed by atoms with E-state index in [1.807, 2.05) is 0 Å². The molecule has 0 atom stereocenters. The summed E-state index contributed by atoms with van der Waals surface area (Å²) in [5.74, 6) is 0.484. The van der Waals surface area contributed by atoms with Gasteiger partial charge in [0.2, 0.25) is 0 Å². The number of carbonyl (C=O) groups is 1. The maximum atomic E-state index is 11.3. The molecule has 0 saturated carbocycles. The molecule has 0 radical (unpaired) electrons. The molecule has 0 amide bonds. The normalized spacial score (nSPS) is 17.0. The van der Waals surface area contributed by atoms with Gasteiger partial charge in [0.1, 0.15) is 5.75 Å². The molecular weight excluding hydrogens is 242 g/mol. The minimum atomic E-state index is -0.450. The maximum Gasteiger partial charge on any atom is 0.363 e. The first-order valence-electron chi connectivity index (χ1n) is 4.93. The second-order valence-corrected chi connectivity index (χ2v) is 3.85. The van der Waals surface area contributed by atoms with Crippen LogP contribution in [0.5, 0.6) is 5.75 Å². The van der Waals surface area contributed by atoms with Crippen molar-refractivity contribution in [3.8, 4) is 5.75 Å². The first kappa shape index (κ1) is 11.7. The second-order valence-electron chi connectivity index (χ2n) is 3.44. The molecule has 1 aromatic rings. The summed E-state index contributed by atoms with van der Waals surface area (Å²) in [6.45, 7) is 1.62. The zero-order valence-corrected chi connectivity index (χ0v) is 10.1. The molecule has 2 rings (SSSR count). The Bertz CT molecular complexity index is 535. The zero-order valence-electron chi connectivity index (χ0n) is 9.36. The van der Waals surface area contributed by atoms with Gasteiger partial charge in [0, 0.05) is 6.92 Å². The van der Waals surface area contributed by atoms with Crippen LogP contribution in [0.15, 0.2) is 28.9 Å². The Hall–Kier alpha value is -1.81. The number of benzene rings is 1. The van der Waals surface area contributed by atoms with Gasteiger partial charge in [-0.25, -0.2) is 9.79 Å². The topological polar surface area (TPSA) is 47.9 Å². The van der Waals surface area contributed by atoms with Gasteiger partial charge in [0.25, 0.3) is 0 Å². The molecule has 0 bridgehead atoms. The van der Waals surface area contributed by atoms with E-state index < -0.39 is 5.97 Å². The van der Waals surface area contributed by atoms with Crippen molar-refractivity contribution in [3.05, 3.63) is 34.5 Å². The minimum absolute atomic E-state index is 0.267. The average molecular weight is 252 g/mol. The molecule has 0 aliphatic carbocycles. The van der Waals surface area contributed by atoms with Crippen molar-refractivity contribution < 1.29 is 14.3 Å². The van der Waals surface area contributed by atoms with Gasteiger partial charge in [-0.1, -0.05) is 17.7 Å². The molecule has 1 heterocycles. The molecule has 1 aromatic carbocycles. The van der Waals surface area contributed by atoms with Crippen molar-refractivity contribution in [2.75, 3.05) is 7.11 Å². The number of hydrogen-bond acceptors (Lipinski definition) is 4. The lowest BCUT2D eigenvalue weighted by molar-refractivity contribution is -0.130. The molecule has 17 heavy (non-hydrogen) atoms. The number of cyclic esters (lactones) is 1. The number of carbonyl (C=O) groups excluding carboxylic acids is 1. The fourth-order valence-electron chi connectivity index (χ4n) is 1.45. The molecular formula is C12H10ClNO3. The van der Waals surface area contributed by atoms with Crippen LogP contribution in [0, 0.1) is 0 Å². The number of methoxy groups -OCH3 is 1. The first-order chi connectivity index (χ1) is 8.10. The summed E-state index contributed by atoms with van der Waals surface area (Å²) < 4.78 is 9.84. The summed E-state index contributed by atoms with van der Waals surface area (Å²) in [4.78, 5) is 15.3. The Morgan fingerprint density at radius 2 is 2.24 bits per heavy atom. The Balaban J connectivity index is 2.33. The van der Waals surface area contributed by atoms with Gasteiger partial charge in [0.05, 0.1) is 12.1 Å². The first-order valence-corrected chi connectivity index (χ1v) is 5.30. The smallest absolute Gasteiger partial charge is 0.363 e. The van der Waals surface area contributed by atoms with E-state index in [9.17, 15) is 4.79 Å². The van der Waals surface area contributed by atoms with Crippen LogP contribution in [0.3, 0.4) is 0 Å². The van der Waals surface area contributed by atoms with Gasteiger partial charge >= 0.3 is 5.97 Å². The molecule has 88 valence electrons. The number of ether oxygens (including phenoxy) is 2. The number of esters is 1. The molecule has 0 fully saturated rings. The van der Waals surface area contributed by atoms with Gasteiger partial charge in [-0.05, 0) is 23.8 Å². The number of rotatable bonds is 2. The highest BCUT2D eigenvalue weighted by atomic mass is 35.5. The van der Waals surface area contributed by atoms with E-state index in [0.717, 1.165) is 5.56 Å². The van der Waals surface area contributed by atoms with Gasteiger partial charge < -0.3 is 9.47 Å². The van der Waals surface area contributed by atoms with Gasteiger partial charge in [0.15, 0.2) is 11.6 Å². The van der Waals surface area contributed by atoms with Gasteiger partial charge in [-0.15, -0.1) is 0 Å². The van der Waals surface area contributed by atoms with Gasteiger partial charge in [-0.2, -0.15) is 0 Å². The quantitative estimate of drug-likeness (QED) is 0.600. The SMILES string of the molecule is COc1ccc(/C=C2/N=C(C)OC2=O)cc1Cl. The predicted octanol–water partition coefficient (Wildman–Crippen LogP) is 2.66. The highest BCUT2D eigenvalue weighted by molar-refractivity contribution is 6.32. The Morgan fingerprint density at radius 3 is 2.76 bits per heavy atom. The van der Waals surface area contributed by atoms with Crippen molar-refractivity contribution in [3.63, 3.8) is 0 Å². The van der Waals surface area contributed by atoms with Crippen LogP contribution in [-0.4, -0.2) is 19.0 Å². The third kappa shape index (κ3) is 2.47. The molecule has 1 aliphatic rings. The van der Waals surface area contributed by atoms with E-state index in [1.54, 1.807) is 38.3 Å².